The molecular weight excluding hydrogens is 466 g/mol. The minimum absolute atomic E-state index is 0.0238. The van der Waals surface area contributed by atoms with Crippen LogP contribution in [0.2, 0.25) is 0 Å². The van der Waals surface area contributed by atoms with Gasteiger partial charge >= 0.3 is 0 Å². The van der Waals surface area contributed by atoms with Crippen molar-refractivity contribution < 1.29 is 28.7 Å². The van der Waals surface area contributed by atoms with Crippen LogP contribution < -0.4 is 18.9 Å². The second kappa shape index (κ2) is 7.28. The van der Waals surface area contributed by atoms with Crippen molar-refractivity contribution in [2.75, 3.05) is 13.6 Å². The van der Waals surface area contributed by atoms with E-state index >= 15 is 0 Å². The van der Waals surface area contributed by atoms with Gasteiger partial charge in [-0.1, -0.05) is 0 Å². The summed E-state index contributed by atoms with van der Waals surface area (Å²) in [6, 6.07) is 6.25. The molecule has 0 aromatic heterocycles. The van der Waals surface area contributed by atoms with Crippen LogP contribution in [0.25, 0.3) is 0 Å². The average Bonchev–Trinajstić information content (AvgIpc) is 3.21. The predicted octanol–water partition coefficient (Wildman–Crippen LogP) is 4.08. The Morgan fingerprint density at radius 1 is 0.880 bits per heavy atom. The average molecular weight is 475 g/mol. The molecule has 8 nitrogen and oxygen atoms in total. The number of benzene rings is 2. The van der Waals surface area contributed by atoms with E-state index in [9.17, 15) is 14.9 Å². The van der Waals surface area contributed by atoms with Crippen LogP contribution >= 0.6 is 31.9 Å². The molecule has 0 amide bonds. The molecule has 2 aliphatic heterocycles. The van der Waals surface area contributed by atoms with E-state index < -0.39 is 4.92 Å². The molecule has 2 aromatic rings. The monoisotopic (exact) mass is 473 g/mol. The normalized spacial score (nSPS) is 13.0. The third-order valence-electron chi connectivity index (χ3n) is 3.26. The number of rotatable bonds is 2. The van der Waals surface area contributed by atoms with Gasteiger partial charge in [0.2, 0.25) is 13.6 Å². The molecule has 4 rings (SSSR count). The maximum absolute atomic E-state index is 10.5. The highest BCUT2D eigenvalue weighted by molar-refractivity contribution is 9.11. The summed E-state index contributed by atoms with van der Waals surface area (Å²) in [4.78, 5) is 20.5. The van der Waals surface area contributed by atoms with Crippen LogP contribution in [-0.2, 0) is 0 Å². The van der Waals surface area contributed by atoms with Gasteiger partial charge in [-0.15, -0.1) is 0 Å². The Kier molecular flexibility index (Phi) is 5.09. The lowest BCUT2D eigenvalue weighted by atomic mass is 10.2. The van der Waals surface area contributed by atoms with Crippen LogP contribution in [0.4, 0.5) is 5.69 Å². The topological polar surface area (TPSA) is 97.1 Å². The molecule has 2 aliphatic rings. The molecule has 130 valence electrons. The fourth-order valence-electron chi connectivity index (χ4n) is 2.07. The Morgan fingerprint density at radius 3 is 1.88 bits per heavy atom. The van der Waals surface area contributed by atoms with Crippen molar-refractivity contribution in [3.63, 3.8) is 0 Å². The van der Waals surface area contributed by atoms with Gasteiger partial charge in [0.15, 0.2) is 29.3 Å². The molecule has 0 saturated heterocycles. The predicted molar refractivity (Wildman–Crippen MR) is 92.6 cm³/mol. The largest absolute Gasteiger partial charge is 0.454 e. The number of hydrogen-bond donors (Lipinski definition) is 0. The maximum Gasteiger partial charge on any atom is 0.287 e. The highest BCUT2D eigenvalue weighted by Crippen LogP contribution is 2.40. The van der Waals surface area contributed by atoms with E-state index in [1.807, 2.05) is 0 Å². The van der Waals surface area contributed by atoms with Crippen LogP contribution in [0.5, 0.6) is 23.0 Å². The smallest absolute Gasteiger partial charge is 0.287 e. The number of halogens is 2. The summed E-state index contributed by atoms with van der Waals surface area (Å²) < 4.78 is 21.4. The molecule has 0 saturated carbocycles. The van der Waals surface area contributed by atoms with Gasteiger partial charge in [-0.3, -0.25) is 14.9 Å². The number of fused-ring (bicyclic) bond motifs is 2. The van der Waals surface area contributed by atoms with Crippen molar-refractivity contribution in [3.8, 4) is 23.0 Å². The summed E-state index contributed by atoms with van der Waals surface area (Å²) in [7, 11) is 0. The van der Waals surface area contributed by atoms with E-state index in [1.54, 1.807) is 12.1 Å². The summed E-state index contributed by atoms with van der Waals surface area (Å²) in [5.74, 6) is 2.24. The standard InChI is InChI=1S/C8H5BrO3.C7H4BrNO4/c9-6-2-8-7(11-4-12-8)1-5(6)3-10;8-4-1-6-7(13-3-12-6)2-5(4)9(10)11/h1-3H,4H2;1-2H,3H2. The first-order valence-electron chi connectivity index (χ1n) is 6.77. The number of aldehydes is 1. The third kappa shape index (κ3) is 3.69. The second-order valence-electron chi connectivity index (χ2n) is 4.76. The summed E-state index contributed by atoms with van der Waals surface area (Å²) in [6.07, 6.45) is 0.770. The molecule has 0 fully saturated rings. The lowest BCUT2D eigenvalue weighted by Crippen LogP contribution is -1.93. The molecule has 0 bridgehead atoms. The third-order valence-corrected chi connectivity index (χ3v) is 4.58. The van der Waals surface area contributed by atoms with Gasteiger partial charge in [-0.05, 0) is 44.0 Å². The first kappa shape index (κ1) is 17.5. The number of carbonyl (C=O) groups is 1. The molecule has 0 N–H and O–H groups in total. The zero-order chi connectivity index (χ0) is 18.0. The molecule has 0 aliphatic carbocycles. The van der Waals surface area contributed by atoms with Gasteiger partial charge in [0.1, 0.15) is 0 Å². The molecule has 0 radical (unpaired) electrons. The summed E-state index contributed by atoms with van der Waals surface area (Å²) >= 11 is 6.32. The number of ether oxygens (including phenoxy) is 4. The van der Waals surface area contributed by atoms with Crippen LogP contribution in [0.3, 0.4) is 0 Å². The van der Waals surface area contributed by atoms with Crippen LogP contribution in [0.1, 0.15) is 10.4 Å². The first-order valence-corrected chi connectivity index (χ1v) is 8.36. The Labute approximate surface area is 158 Å². The highest BCUT2D eigenvalue weighted by atomic mass is 79.9. The fourth-order valence-corrected chi connectivity index (χ4v) is 2.95. The highest BCUT2D eigenvalue weighted by Gasteiger charge is 2.21. The minimum atomic E-state index is -0.480. The number of nitro groups is 1. The van der Waals surface area contributed by atoms with Gasteiger partial charge in [0, 0.05) is 16.1 Å². The van der Waals surface area contributed by atoms with Crippen molar-refractivity contribution in [1.29, 1.82) is 0 Å². The summed E-state index contributed by atoms with van der Waals surface area (Å²) in [5.41, 5.74) is 0.545. The molecule has 0 spiro atoms. The van der Waals surface area contributed by atoms with Gasteiger partial charge in [-0.25, -0.2) is 0 Å². The number of hydrogen-bond acceptors (Lipinski definition) is 7. The van der Waals surface area contributed by atoms with Crippen molar-refractivity contribution in [1.82, 2.24) is 0 Å². The van der Waals surface area contributed by atoms with Crippen LogP contribution in [0.15, 0.2) is 33.2 Å². The second-order valence-corrected chi connectivity index (χ2v) is 6.47. The zero-order valence-electron chi connectivity index (χ0n) is 12.4. The molecule has 25 heavy (non-hydrogen) atoms. The number of nitrogens with zero attached hydrogens (tertiary/aromatic N) is 1. The molecular formula is C15H9Br2NO7. The fraction of sp³-hybridized carbons (Fsp3) is 0.133. The van der Waals surface area contributed by atoms with Gasteiger partial charge in [0.05, 0.1) is 15.5 Å². The summed E-state index contributed by atoms with van der Waals surface area (Å²) in [6.45, 7) is 0.340. The van der Waals surface area contributed by atoms with Crippen molar-refractivity contribution >= 4 is 43.8 Å². The Balaban J connectivity index is 0.000000146. The van der Waals surface area contributed by atoms with E-state index in [-0.39, 0.29) is 19.3 Å². The maximum atomic E-state index is 10.5. The van der Waals surface area contributed by atoms with Gasteiger partial charge < -0.3 is 18.9 Å². The van der Waals surface area contributed by atoms with E-state index in [0.717, 1.165) is 10.8 Å². The Hall–Kier alpha value is -2.33. The molecule has 10 heteroatoms. The number of nitro benzene ring substituents is 1. The SMILES string of the molecule is O=Cc1cc2c(cc1Br)OCO2.O=[N+]([O-])c1cc2c(cc1Br)OCO2. The van der Waals surface area contributed by atoms with E-state index in [1.165, 1.54) is 12.1 Å². The van der Waals surface area contributed by atoms with Gasteiger partial charge in [-0.2, -0.15) is 0 Å². The van der Waals surface area contributed by atoms with Crippen molar-refractivity contribution in [2.45, 2.75) is 0 Å². The number of carbonyl (C=O) groups excluding carboxylic acids is 1. The van der Waals surface area contributed by atoms with E-state index in [2.05, 4.69) is 31.9 Å². The lowest BCUT2D eigenvalue weighted by molar-refractivity contribution is -0.385. The lowest BCUT2D eigenvalue weighted by Gasteiger charge is -1.98. The minimum Gasteiger partial charge on any atom is -0.454 e. The zero-order valence-corrected chi connectivity index (χ0v) is 15.5. The first-order chi connectivity index (χ1) is 12.0. The van der Waals surface area contributed by atoms with Crippen molar-refractivity contribution in [2.24, 2.45) is 0 Å². The van der Waals surface area contributed by atoms with E-state index in [0.29, 0.717) is 33.0 Å². The summed E-state index contributed by atoms with van der Waals surface area (Å²) in [5, 5.41) is 10.5. The molecule has 0 atom stereocenters. The van der Waals surface area contributed by atoms with Crippen LogP contribution in [0, 0.1) is 10.1 Å². The molecule has 2 aromatic carbocycles. The quantitative estimate of drug-likeness (QED) is 0.367. The van der Waals surface area contributed by atoms with E-state index in [4.69, 9.17) is 18.9 Å². The Morgan fingerprint density at radius 2 is 1.36 bits per heavy atom. The Bertz CT molecular complexity index is 856. The molecule has 2 heterocycles. The molecule has 0 unspecified atom stereocenters. The van der Waals surface area contributed by atoms with Crippen molar-refractivity contribution in [3.05, 3.63) is 48.9 Å². The van der Waals surface area contributed by atoms with Crippen LogP contribution in [-0.4, -0.2) is 24.8 Å². The van der Waals surface area contributed by atoms with Gasteiger partial charge in [0.25, 0.3) is 5.69 Å².